The van der Waals surface area contributed by atoms with Gasteiger partial charge >= 0.3 is 0 Å². The van der Waals surface area contributed by atoms with E-state index < -0.39 is 0 Å². The maximum atomic E-state index is 3.46. The van der Waals surface area contributed by atoms with E-state index in [-0.39, 0.29) is 12.4 Å². The highest BCUT2D eigenvalue weighted by molar-refractivity contribution is 5.85. The van der Waals surface area contributed by atoms with Crippen LogP contribution in [0.1, 0.15) is 40.5 Å². The van der Waals surface area contributed by atoms with E-state index >= 15 is 0 Å². The van der Waals surface area contributed by atoms with E-state index in [1.165, 1.54) is 12.8 Å². The zero-order chi connectivity index (χ0) is 7.33. The summed E-state index contributed by atoms with van der Waals surface area (Å²) in [7, 11) is 0. The molecule has 10 heavy (non-hydrogen) atoms. The van der Waals surface area contributed by atoms with Crippen LogP contribution in [0.2, 0.25) is 0 Å². The molecule has 0 aliphatic heterocycles. The maximum absolute atomic E-state index is 3.46. The molecule has 64 valence electrons. The molecule has 1 nitrogen and oxygen atoms in total. The minimum atomic E-state index is 0. The standard InChI is InChI=1S/C8H19N.ClH/c1-5-7-9-8(3,4)6-2;/h9H,5-7H2,1-4H3;1H. The largest absolute Gasteiger partial charge is 0.312 e. The van der Waals surface area contributed by atoms with Crippen molar-refractivity contribution in [1.29, 1.82) is 0 Å². The summed E-state index contributed by atoms with van der Waals surface area (Å²) >= 11 is 0. The van der Waals surface area contributed by atoms with Crippen LogP contribution in [0.3, 0.4) is 0 Å². The fourth-order valence-electron chi connectivity index (χ4n) is 0.588. The van der Waals surface area contributed by atoms with Gasteiger partial charge in [-0.3, -0.25) is 0 Å². The molecule has 0 spiro atoms. The summed E-state index contributed by atoms with van der Waals surface area (Å²) in [6, 6.07) is 0. The molecular weight excluding hydrogens is 146 g/mol. The van der Waals surface area contributed by atoms with Gasteiger partial charge in [0.1, 0.15) is 0 Å². The highest BCUT2D eigenvalue weighted by Gasteiger charge is 2.11. The summed E-state index contributed by atoms with van der Waals surface area (Å²) in [4.78, 5) is 0. The van der Waals surface area contributed by atoms with Crippen LogP contribution in [0.4, 0.5) is 0 Å². The van der Waals surface area contributed by atoms with E-state index in [1.807, 2.05) is 0 Å². The van der Waals surface area contributed by atoms with Gasteiger partial charge in [0, 0.05) is 5.54 Å². The molecule has 0 aliphatic rings. The minimum Gasteiger partial charge on any atom is -0.312 e. The van der Waals surface area contributed by atoms with Crippen LogP contribution in [0.25, 0.3) is 0 Å². The smallest absolute Gasteiger partial charge is 0.0122 e. The predicted octanol–water partition coefficient (Wildman–Crippen LogP) is 2.60. The Kier molecular flexibility index (Phi) is 7.72. The average molecular weight is 166 g/mol. The van der Waals surface area contributed by atoms with E-state index in [9.17, 15) is 0 Å². The highest BCUT2D eigenvalue weighted by Crippen LogP contribution is 2.05. The Morgan fingerprint density at radius 2 is 1.70 bits per heavy atom. The van der Waals surface area contributed by atoms with Gasteiger partial charge in [-0.1, -0.05) is 13.8 Å². The van der Waals surface area contributed by atoms with Crippen molar-refractivity contribution >= 4 is 12.4 Å². The summed E-state index contributed by atoms with van der Waals surface area (Å²) in [5.74, 6) is 0. The first-order valence-corrected chi connectivity index (χ1v) is 3.87. The van der Waals surface area contributed by atoms with E-state index in [2.05, 4.69) is 33.0 Å². The van der Waals surface area contributed by atoms with Crippen molar-refractivity contribution in [3.63, 3.8) is 0 Å². The molecule has 0 unspecified atom stereocenters. The van der Waals surface area contributed by atoms with E-state index in [0.29, 0.717) is 5.54 Å². The van der Waals surface area contributed by atoms with E-state index in [0.717, 1.165) is 6.54 Å². The molecule has 0 saturated heterocycles. The quantitative estimate of drug-likeness (QED) is 0.676. The second kappa shape index (κ2) is 5.99. The van der Waals surface area contributed by atoms with Crippen LogP contribution in [0.5, 0.6) is 0 Å². The first-order valence-electron chi connectivity index (χ1n) is 3.87. The van der Waals surface area contributed by atoms with Gasteiger partial charge in [-0.2, -0.15) is 0 Å². The number of halogens is 1. The summed E-state index contributed by atoms with van der Waals surface area (Å²) in [5, 5.41) is 3.46. The van der Waals surface area contributed by atoms with Gasteiger partial charge in [-0.25, -0.2) is 0 Å². The van der Waals surface area contributed by atoms with Crippen LogP contribution in [0, 0.1) is 0 Å². The summed E-state index contributed by atoms with van der Waals surface area (Å²) in [6.07, 6.45) is 2.43. The second-order valence-electron chi connectivity index (χ2n) is 3.16. The Morgan fingerprint density at radius 3 is 2.00 bits per heavy atom. The third-order valence-electron chi connectivity index (χ3n) is 1.74. The SMILES string of the molecule is CCCNC(C)(C)CC.Cl. The number of rotatable bonds is 4. The van der Waals surface area contributed by atoms with Gasteiger partial charge in [0.2, 0.25) is 0 Å². The highest BCUT2D eigenvalue weighted by atomic mass is 35.5. The van der Waals surface area contributed by atoms with Crippen LogP contribution in [0.15, 0.2) is 0 Å². The first-order chi connectivity index (χ1) is 4.12. The number of hydrogen-bond donors (Lipinski definition) is 1. The lowest BCUT2D eigenvalue weighted by Crippen LogP contribution is -2.38. The average Bonchev–Trinajstić information content (AvgIpc) is 1.84. The van der Waals surface area contributed by atoms with Gasteiger partial charge in [-0.05, 0) is 33.2 Å². The second-order valence-corrected chi connectivity index (χ2v) is 3.16. The van der Waals surface area contributed by atoms with Crippen molar-refractivity contribution in [3.05, 3.63) is 0 Å². The summed E-state index contributed by atoms with van der Waals surface area (Å²) < 4.78 is 0. The molecule has 0 radical (unpaired) electrons. The molecule has 0 rings (SSSR count). The molecule has 2 heteroatoms. The normalized spacial score (nSPS) is 10.8. The van der Waals surface area contributed by atoms with Gasteiger partial charge in [0.25, 0.3) is 0 Å². The molecule has 0 heterocycles. The minimum absolute atomic E-state index is 0. The van der Waals surface area contributed by atoms with Crippen LogP contribution in [-0.2, 0) is 0 Å². The first kappa shape index (κ1) is 12.9. The molecule has 0 aromatic carbocycles. The fourth-order valence-corrected chi connectivity index (χ4v) is 0.588. The van der Waals surface area contributed by atoms with Gasteiger partial charge in [-0.15, -0.1) is 12.4 Å². The monoisotopic (exact) mass is 165 g/mol. The Hall–Kier alpha value is 0.250. The maximum Gasteiger partial charge on any atom is 0.0122 e. The molecule has 0 amide bonds. The Bertz CT molecular complexity index is 71.7. The predicted molar refractivity (Wildman–Crippen MR) is 49.9 cm³/mol. The Labute approximate surface area is 71.0 Å². The van der Waals surface area contributed by atoms with E-state index in [1.54, 1.807) is 0 Å². The summed E-state index contributed by atoms with van der Waals surface area (Å²) in [5.41, 5.74) is 0.343. The van der Waals surface area contributed by atoms with Gasteiger partial charge < -0.3 is 5.32 Å². The van der Waals surface area contributed by atoms with Crippen molar-refractivity contribution in [1.82, 2.24) is 5.32 Å². The molecule has 0 saturated carbocycles. The molecule has 0 bridgehead atoms. The van der Waals surface area contributed by atoms with Gasteiger partial charge in [0.05, 0.1) is 0 Å². The van der Waals surface area contributed by atoms with Crippen molar-refractivity contribution < 1.29 is 0 Å². The van der Waals surface area contributed by atoms with Crippen LogP contribution < -0.4 is 5.32 Å². The van der Waals surface area contributed by atoms with Gasteiger partial charge in [0.15, 0.2) is 0 Å². The lowest BCUT2D eigenvalue weighted by atomic mass is 10.0. The van der Waals surface area contributed by atoms with Crippen LogP contribution >= 0.6 is 12.4 Å². The lowest BCUT2D eigenvalue weighted by Gasteiger charge is -2.23. The molecule has 0 fully saturated rings. The molecule has 0 aromatic heterocycles. The lowest BCUT2D eigenvalue weighted by molar-refractivity contribution is 0.377. The molecule has 0 aliphatic carbocycles. The Morgan fingerprint density at radius 1 is 1.20 bits per heavy atom. The molecule has 0 atom stereocenters. The third-order valence-corrected chi connectivity index (χ3v) is 1.74. The van der Waals surface area contributed by atoms with Crippen molar-refractivity contribution in [2.75, 3.05) is 6.54 Å². The Balaban J connectivity index is 0. The molecule has 0 aromatic rings. The molecule has 1 N–H and O–H groups in total. The van der Waals surface area contributed by atoms with Crippen molar-refractivity contribution in [2.45, 2.75) is 46.1 Å². The zero-order valence-electron chi connectivity index (χ0n) is 7.53. The number of nitrogens with one attached hydrogen (secondary N) is 1. The summed E-state index contributed by atoms with van der Waals surface area (Å²) in [6.45, 7) is 10.0. The van der Waals surface area contributed by atoms with E-state index in [4.69, 9.17) is 0 Å². The third kappa shape index (κ3) is 6.37. The number of hydrogen-bond acceptors (Lipinski definition) is 1. The van der Waals surface area contributed by atoms with Crippen LogP contribution in [-0.4, -0.2) is 12.1 Å². The topological polar surface area (TPSA) is 12.0 Å². The molecular formula is C8H20ClN. The fraction of sp³-hybridized carbons (Fsp3) is 1.00. The van der Waals surface area contributed by atoms with Crippen molar-refractivity contribution in [2.24, 2.45) is 0 Å². The zero-order valence-corrected chi connectivity index (χ0v) is 8.35. The van der Waals surface area contributed by atoms with Crippen molar-refractivity contribution in [3.8, 4) is 0 Å².